The number of morpholine rings is 1. The lowest BCUT2D eigenvalue weighted by atomic mass is 10.1. The van der Waals surface area contributed by atoms with Crippen LogP contribution >= 0.6 is 0 Å². The molecule has 2 N–H and O–H groups in total. The summed E-state index contributed by atoms with van der Waals surface area (Å²) >= 11 is 0. The van der Waals surface area contributed by atoms with Crippen LogP contribution in [0.5, 0.6) is 0 Å². The summed E-state index contributed by atoms with van der Waals surface area (Å²) in [7, 11) is 0. The molecule has 0 bridgehead atoms. The summed E-state index contributed by atoms with van der Waals surface area (Å²) in [4.78, 5) is 1.98. The lowest BCUT2D eigenvalue weighted by Gasteiger charge is -2.41. The van der Waals surface area contributed by atoms with Crippen molar-refractivity contribution in [2.75, 3.05) is 24.6 Å². The van der Waals surface area contributed by atoms with Gasteiger partial charge in [-0.2, -0.15) is 0 Å². The molecule has 0 spiro atoms. The van der Waals surface area contributed by atoms with Crippen LogP contribution in [0, 0.1) is 0 Å². The summed E-state index contributed by atoms with van der Waals surface area (Å²) in [6, 6.07) is 1.12. The highest BCUT2D eigenvalue weighted by Crippen LogP contribution is 2.25. The van der Waals surface area contributed by atoms with Gasteiger partial charge in [-0.25, -0.2) is 0 Å². The summed E-state index contributed by atoms with van der Waals surface area (Å²) in [5.41, 5.74) is -0.341. The Morgan fingerprint density at radius 3 is 2.90 bits per heavy atom. The van der Waals surface area contributed by atoms with Crippen LogP contribution in [0.4, 0.5) is 6.01 Å². The normalized spacial score (nSPS) is 25.9. The SMILES string of the molecule is CC1(C)CN(c2nnc(CNC3CC3)o2)CC(CO)O1. The molecule has 0 aromatic carbocycles. The van der Waals surface area contributed by atoms with Gasteiger partial charge in [-0.1, -0.05) is 5.10 Å². The van der Waals surface area contributed by atoms with Crippen LogP contribution in [0.25, 0.3) is 0 Å². The third kappa shape index (κ3) is 3.28. The minimum Gasteiger partial charge on any atom is -0.407 e. The summed E-state index contributed by atoms with van der Waals surface area (Å²) in [5.74, 6) is 0.608. The Labute approximate surface area is 118 Å². The quantitative estimate of drug-likeness (QED) is 0.803. The maximum atomic E-state index is 9.32. The van der Waals surface area contributed by atoms with Gasteiger partial charge in [0.2, 0.25) is 5.89 Å². The zero-order valence-electron chi connectivity index (χ0n) is 12.0. The van der Waals surface area contributed by atoms with Crippen molar-refractivity contribution >= 4 is 6.01 Å². The van der Waals surface area contributed by atoms with E-state index in [4.69, 9.17) is 9.15 Å². The standard InChI is InChI=1S/C13H22N4O3/c1-13(2)8-17(6-10(7-18)20-13)12-16-15-11(19-12)5-14-9-3-4-9/h9-10,14,18H,3-8H2,1-2H3. The number of ether oxygens (including phenoxy) is 1. The number of aliphatic hydroxyl groups excluding tert-OH is 1. The molecular formula is C13H22N4O3. The summed E-state index contributed by atoms with van der Waals surface area (Å²) in [6.45, 7) is 5.83. The fourth-order valence-electron chi connectivity index (χ4n) is 2.50. The molecule has 7 heteroatoms. The van der Waals surface area contributed by atoms with Crippen molar-refractivity contribution in [1.29, 1.82) is 0 Å². The number of aromatic nitrogens is 2. The molecule has 1 aliphatic carbocycles. The third-order valence-electron chi connectivity index (χ3n) is 3.53. The Kier molecular flexibility index (Phi) is 3.66. The number of hydrogen-bond donors (Lipinski definition) is 2. The molecule has 2 heterocycles. The smallest absolute Gasteiger partial charge is 0.318 e. The first kappa shape index (κ1) is 13.8. The van der Waals surface area contributed by atoms with Gasteiger partial charge in [0, 0.05) is 6.04 Å². The third-order valence-corrected chi connectivity index (χ3v) is 3.53. The molecule has 2 aliphatic rings. The van der Waals surface area contributed by atoms with E-state index in [1.165, 1.54) is 12.8 Å². The van der Waals surface area contributed by atoms with Crippen LogP contribution in [0.3, 0.4) is 0 Å². The highest BCUT2D eigenvalue weighted by molar-refractivity contribution is 5.27. The zero-order valence-corrected chi connectivity index (χ0v) is 12.0. The Balaban J connectivity index is 1.64. The largest absolute Gasteiger partial charge is 0.407 e. The van der Waals surface area contributed by atoms with E-state index in [2.05, 4.69) is 15.5 Å². The summed E-state index contributed by atoms with van der Waals surface area (Å²) < 4.78 is 11.5. The van der Waals surface area contributed by atoms with Crippen molar-refractivity contribution in [3.05, 3.63) is 5.89 Å². The van der Waals surface area contributed by atoms with Crippen molar-refractivity contribution in [3.63, 3.8) is 0 Å². The number of rotatable bonds is 5. The molecule has 7 nitrogen and oxygen atoms in total. The lowest BCUT2D eigenvalue weighted by molar-refractivity contribution is -0.102. The van der Waals surface area contributed by atoms with Crippen molar-refractivity contribution in [1.82, 2.24) is 15.5 Å². The molecule has 3 rings (SSSR count). The molecule has 0 radical (unpaired) electrons. The highest BCUT2D eigenvalue weighted by atomic mass is 16.5. The van der Waals surface area contributed by atoms with E-state index in [0.717, 1.165) is 0 Å². The molecule has 1 saturated heterocycles. The van der Waals surface area contributed by atoms with Crippen molar-refractivity contribution in [3.8, 4) is 0 Å². The zero-order chi connectivity index (χ0) is 14.2. The molecule has 2 fully saturated rings. The van der Waals surface area contributed by atoms with E-state index in [0.29, 0.717) is 37.6 Å². The van der Waals surface area contributed by atoms with Crippen LogP contribution < -0.4 is 10.2 Å². The molecule has 1 saturated carbocycles. The van der Waals surface area contributed by atoms with Crippen molar-refractivity contribution < 1.29 is 14.3 Å². The number of anilines is 1. The number of nitrogens with one attached hydrogen (secondary N) is 1. The minimum atomic E-state index is -0.341. The molecule has 112 valence electrons. The number of nitrogens with zero attached hydrogens (tertiary/aromatic N) is 3. The second-order valence-corrected chi connectivity index (χ2v) is 6.20. The van der Waals surface area contributed by atoms with E-state index in [1.807, 2.05) is 18.7 Å². The Morgan fingerprint density at radius 2 is 2.20 bits per heavy atom. The summed E-state index contributed by atoms with van der Waals surface area (Å²) in [6.07, 6.45) is 2.24. The average Bonchev–Trinajstić information content (AvgIpc) is 3.11. The number of hydrogen-bond acceptors (Lipinski definition) is 7. The van der Waals surface area contributed by atoms with Crippen LogP contribution in [-0.4, -0.2) is 52.7 Å². The Morgan fingerprint density at radius 1 is 1.40 bits per heavy atom. The maximum Gasteiger partial charge on any atom is 0.318 e. The second kappa shape index (κ2) is 5.31. The highest BCUT2D eigenvalue weighted by Gasteiger charge is 2.35. The molecule has 0 amide bonds. The fourth-order valence-corrected chi connectivity index (χ4v) is 2.50. The predicted octanol–water partition coefficient (Wildman–Crippen LogP) is 0.298. The first-order valence-corrected chi connectivity index (χ1v) is 7.15. The minimum absolute atomic E-state index is 0.00976. The van der Waals surface area contributed by atoms with Gasteiger partial charge in [-0.05, 0) is 26.7 Å². The van der Waals surface area contributed by atoms with Crippen molar-refractivity contribution in [2.45, 2.75) is 51.0 Å². The van der Waals surface area contributed by atoms with Crippen LogP contribution in [0.15, 0.2) is 4.42 Å². The van der Waals surface area contributed by atoms with Gasteiger partial charge in [-0.15, -0.1) is 5.10 Å². The topological polar surface area (TPSA) is 83.7 Å². The molecule has 20 heavy (non-hydrogen) atoms. The van der Waals surface area contributed by atoms with E-state index < -0.39 is 0 Å². The lowest BCUT2D eigenvalue weighted by Crippen LogP contribution is -2.54. The molecule has 1 unspecified atom stereocenters. The van der Waals surface area contributed by atoms with Gasteiger partial charge in [0.15, 0.2) is 0 Å². The van der Waals surface area contributed by atoms with Crippen LogP contribution in [0.1, 0.15) is 32.6 Å². The first-order chi connectivity index (χ1) is 9.55. The Bertz CT molecular complexity index is 458. The van der Waals surface area contributed by atoms with Gasteiger partial charge in [0.05, 0.1) is 37.9 Å². The van der Waals surface area contributed by atoms with Crippen molar-refractivity contribution in [2.24, 2.45) is 0 Å². The number of aliphatic hydroxyl groups is 1. The maximum absolute atomic E-state index is 9.32. The summed E-state index contributed by atoms with van der Waals surface area (Å²) in [5, 5.41) is 20.8. The van der Waals surface area contributed by atoms with Crippen LogP contribution in [-0.2, 0) is 11.3 Å². The van der Waals surface area contributed by atoms with Gasteiger partial charge in [0.25, 0.3) is 0 Å². The van der Waals surface area contributed by atoms with E-state index in [-0.39, 0.29) is 18.3 Å². The van der Waals surface area contributed by atoms with E-state index >= 15 is 0 Å². The van der Waals surface area contributed by atoms with Gasteiger partial charge < -0.3 is 24.5 Å². The van der Waals surface area contributed by atoms with E-state index in [9.17, 15) is 5.11 Å². The molecule has 1 aromatic heterocycles. The van der Waals surface area contributed by atoms with Crippen LogP contribution in [0.2, 0.25) is 0 Å². The molecule has 1 atom stereocenters. The average molecular weight is 282 g/mol. The van der Waals surface area contributed by atoms with Gasteiger partial charge in [-0.3, -0.25) is 0 Å². The Hall–Kier alpha value is -1.18. The van der Waals surface area contributed by atoms with Gasteiger partial charge in [0.1, 0.15) is 0 Å². The molecule has 1 aliphatic heterocycles. The monoisotopic (exact) mass is 282 g/mol. The molecular weight excluding hydrogens is 260 g/mol. The fraction of sp³-hybridized carbons (Fsp3) is 0.846. The first-order valence-electron chi connectivity index (χ1n) is 7.15. The predicted molar refractivity (Wildman–Crippen MR) is 72.4 cm³/mol. The van der Waals surface area contributed by atoms with E-state index in [1.54, 1.807) is 0 Å². The van der Waals surface area contributed by atoms with Gasteiger partial charge >= 0.3 is 6.01 Å². The second-order valence-electron chi connectivity index (χ2n) is 6.20. The molecule has 1 aromatic rings.